The lowest BCUT2D eigenvalue weighted by Gasteiger charge is -2.35. The van der Waals surface area contributed by atoms with Crippen LogP contribution in [0.1, 0.15) is 20.8 Å². The Kier molecular flexibility index (Phi) is 4.54. The minimum absolute atomic E-state index is 0.00866. The van der Waals surface area contributed by atoms with Crippen LogP contribution in [0.4, 0.5) is 5.82 Å². The van der Waals surface area contributed by atoms with Crippen molar-refractivity contribution < 1.29 is 4.79 Å². The van der Waals surface area contributed by atoms with Gasteiger partial charge in [-0.1, -0.05) is 23.7 Å². The number of halogens is 1. The van der Waals surface area contributed by atoms with E-state index < -0.39 is 0 Å². The fourth-order valence-corrected chi connectivity index (χ4v) is 4.54. The molecule has 0 radical (unpaired) electrons. The third-order valence-corrected chi connectivity index (χ3v) is 6.36. The van der Waals surface area contributed by atoms with Crippen LogP contribution in [0.15, 0.2) is 30.6 Å². The molecule has 1 amide bonds. The van der Waals surface area contributed by atoms with Crippen LogP contribution in [0.2, 0.25) is 5.02 Å². The summed E-state index contributed by atoms with van der Waals surface area (Å²) in [6, 6.07) is 7.21. The number of carbonyl (C=O) groups is 1. The van der Waals surface area contributed by atoms with Crippen molar-refractivity contribution in [1.29, 1.82) is 0 Å². The van der Waals surface area contributed by atoms with E-state index in [1.807, 2.05) is 17.0 Å². The zero-order valence-corrected chi connectivity index (χ0v) is 16.3. The first-order valence-corrected chi connectivity index (χ1v) is 9.75. The highest BCUT2D eigenvalue weighted by atomic mass is 35.5. The maximum atomic E-state index is 12.7. The fourth-order valence-electron chi connectivity index (χ4n) is 3.33. The summed E-state index contributed by atoms with van der Waals surface area (Å²) in [5.41, 5.74) is 1.81. The number of hydrogen-bond donors (Lipinski definition) is 0. The van der Waals surface area contributed by atoms with E-state index in [1.54, 1.807) is 29.8 Å². The van der Waals surface area contributed by atoms with Gasteiger partial charge in [-0.05, 0) is 31.5 Å². The van der Waals surface area contributed by atoms with Gasteiger partial charge in [0, 0.05) is 31.1 Å². The molecule has 1 aliphatic heterocycles. The van der Waals surface area contributed by atoms with Crippen LogP contribution in [0.3, 0.4) is 0 Å². The third-order valence-electron chi connectivity index (χ3n) is 4.92. The van der Waals surface area contributed by atoms with Gasteiger partial charge >= 0.3 is 0 Å². The Bertz CT molecular complexity index is 979. The predicted octanol–water partition coefficient (Wildman–Crippen LogP) is 3.92. The minimum Gasteiger partial charge on any atom is -0.352 e. The Morgan fingerprint density at radius 2 is 1.85 bits per heavy atom. The molecule has 5 nitrogen and oxygen atoms in total. The highest BCUT2D eigenvalue weighted by Crippen LogP contribution is 2.34. The van der Waals surface area contributed by atoms with Crippen LogP contribution < -0.4 is 4.90 Å². The molecule has 0 bridgehead atoms. The summed E-state index contributed by atoms with van der Waals surface area (Å²) in [7, 11) is 0. The smallest absolute Gasteiger partial charge is 0.255 e. The van der Waals surface area contributed by atoms with Crippen molar-refractivity contribution in [2.24, 2.45) is 0 Å². The summed E-state index contributed by atoms with van der Waals surface area (Å²) in [6.45, 7) is 7.03. The maximum absolute atomic E-state index is 12.7. The van der Waals surface area contributed by atoms with E-state index >= 15 is 0 Å². The molecule has 1 aliphatic rings. The molecule has 3 aromatic rings. The molecule has 0 aliphatic carbocycles. The van der Waals surface area contributed by atoms with Crippen molar-refractivity contribution >= 4 is 44.9 Å². The van der Waals surface area contributed by atoms with Gasteiger partial charge in [-0.2, -0.15) is 0 Å². The number of aryl methyl sites for hydroxylation is 2. The van der Waals surface area contributed by atoms with Gasteiger partial charge in [0.05, 0.1) is 16.0 Å². The molecule has 7 heteroatoms. The number of amides is 1. The minimum atomic E-state index is -0.00866. The molecule has 0 N–H and O–H groups in total. The maximum Gasteiger partial charge on any atom is 0.255 e. The molecule has 0 unspecified atom stereocenters. The number of fused-ring (bicyclic) bond motifs is 1. The summed E-state index contributed by atoms with van der Waals surface area (Å²) >= 11 is 7.88. The SMILES string of the molecule is Cc1sc2ncnc(N3CCN(C(=O)c4ccccc4Cl)CC3)c2c1C. The van der Waals surface area contributed by atoms with E-state index in [1.165, 1.54) is 10.4 Å². The van der Waals surface area contributed by atoms with Crippen molar-refractivity contribution in [1.82, 2.24) is 14.9 Å². The van der Waals surface area contributed by atoms with Gasteiger partial charge in [-0.15, -0.1) is 11.3 Å². The summed E-state index contributed by atoms with van der Waals surface area (Å²) in [4.78, 5) is 28.1. The molecule has 2 aromatic heterocycles. The van der Waals surface area contributed by atoms with Gasteiger partial charge in [-0.3, -0.25) is 4.79 Å². The fraction of sp³-hybridized carbons (Fsp3) is 0.316. The van der Waals surface area contributed by atoms with Crippen LogP contribution in [-0.2, 0) is 0 Å². The summed E-state index contributed by atoms with van der Waals surface area (Å²) < 4.78 is 0. The van der Waals surface area contributed by atoms with E-state index in [-0.39, 0.29) is 5.91 Å². The van der Waals surface area contributed by atoms with Crippen molar-refractivity contribution in [3.8, 4) is 0 Å². The van der Waals surface area contributed by atoms with Crippen molar-refractivity contribution in [2.75, 3.05) is 31.1 Å². The zero-order chi connectivity index (χ0) is 18.3. The molecular weight excluding hydrogens is 368 g/mol. The molecule has 3 heterocycles. The number of nitrogens with zero attached hydrogens (tertiary/aromatic N) is 4. The zero-order valence-electron chi connectivity index (χ0n) is 14.7. The number of benzene rings is 1. The molecule has 26 heavy (non-hydrogen) atoms. The second-order valence-corrected chi connectivity index (χ2v) is 8.03. The Balaban J connectivity index is 1.54. The van der Waals surface area contributed by atoms with E-state index in [2.05, 4.69) is 28.7 Å². The summed E-state index contributed by atoms with van der Waals surface area (Å²) in [5.74, 6) is 0.965. The second kappa shape index (κ2) is 6.85. The van der Waals surface area contributed by atoms with Gasteiger partial charge in [0.1, 0.15) is 17.0 Å². The molecule has 134 valence electrons. The molecule has 1 fully saturated rings. The Labute approximate surface area is 161 Å². The number of aromatic nitrogens is 2. The first-order chi connectivity index (χ1) is 12.6. The Morgan fingerprint density at radius 3 is 2.58 bits per heavy atom. The van der Waals surface area contributed by atoms with Crippen LogP contribution in [0.25, 0.3) is 10.2 Å². The third kappa shape index (κ3) is 2.93. The van der Waals surface area contributed by atoms with Crippen molar-refractivity contribution in [3.05, 3.63) is 51.6 Å². The average Bonchev–Trinajstić information content (AvgIpc) is 2.96. The van der Waals surface area contributed by atoms with Crippen LogP contribution in [0.5, 0.6) is 0 Å². The topological polar surface area (TPSA) is 49.3 Å². The van der Waals surface area contributed by atoms with Crippen molar-refractivity contribution in [2.45, 2.75) is 13.8 Å². The Hall–Kier alpha value is -2.18. The van der Waals surface area contributed by atoms with Gasteiger partial charge in [0.15, 0.2) is 0 Å². The number of hydrogen-bond acceptors (Lipinski definition) is 5. The van der Waals surface area contributed by atoms with E-state index in [9.17, 15) is 4.79 Å². The van der Waals surface area contributed by atoms with Gasteiger partial charge < -0.3 is 9.80 Å². The second-order valence-electron chi connectivity index (χ2n) is 6.42. The molecule has 0 atom stereocenters. The molecule has 0 spiro atoms. The normalized spacial score (nSPS) is 14.9. The van der Waals surface area contributed by atoms with E-state index in [0.717, 1.165) is 29.1 Å². The van der Waals surface area contributed by atoms with Crippen LogP contribution >= 0.6 is 22.9 Å². The summed E-state index contributed by atoms with van der Waals surface area (Å²) in [5, 5.41) is 1.64. The molecule has 1 aromatic carbocycles. The molecule has 0 saturated carbocycles. The van der Waals surface area contributed by atoms with Gasteiger partial charge in [0.2, 0.25) is 0 Å². The lowest BCUT2D eigenvalue weighted by atomic mass is 10.1. The summed E-state index contributed by atoms with van der Waals surface area (Å²) in [6.07, 6.45) is 1.63. The number of carbonyl (C=O) groups excluding carboxylic acids is 1. The molecular formula is C19H19ClN4OS. The predicted molar refractivity (Wildman–Crippen MR) is 106 cm³/mol. The average molecular weight is 387 g/mol. The monoisotopic (exact) mass is 386 g/mol. The van der Waals surface area contributed by atoms with Crippen molar-refractivity contribution in [3.63, 3.8) is 0 Å². The van der Waals surface area contributed by atoms with Gasteiger partial charge in [-0.25, -0.2) is 9.97 Å². The quantitative estimate of drug-likeness (QED) is 0.669. The highest BCUT2D eigenvalue weighted by molar-refractivity contribution is 7.18. The Morgan fingerprint density at radius 1 is 1.12 bits per heavy atom. The number of piperazine rings is 1. The largest absolute Gasteiger partial charge is 0.352 e. The van der Waals surface area contributed by atoms with E-state index in [4.69, 9.17) is 11.6 Å². The van der Waals surface area contributed by atoms with Crippen LogP contribution in [-0.4, -0.2) is 47.0 Å². The number of rotatable bonds is 2. The number of anilines is 1. The van der Waals surface area contributed by atoms with E-state index in [0.29, 0.717) is 23.7 Å². The lowest BCUT2D eigenvalue weighted by molar-refractivity contribution is 0.0747. The van der Waals surface area contributed by atoms with Crippen LogP contribution in [0, 0.1) is 13.8 Å². The lowest BCUT2D eigenvalue weighted by Crippen LogP contribution is -2.49. The number of thiophene rings is 1. The highest BCUT2D eigenvalue weighted by Gasteiger charge is 2.26. The first-order valence-electron chi connectivity index (χ1n) is 8.55. The standard InChI is InChI=1S/C19H19ClN4OS/c1-12-13(2)26-18-16(12)17(21-11-22-18)23-7-9-24(10-8-23)19(25)14-5-3-4-6-15(14)20/h3-6,11H,7-10H2,1-2H3. The first kappa shape index (κ1) is 17.2. The molecule has 1 saturated heterocycles. The molecule has 4 rings (SSSR count). The van der Waals surface area contributed by atoms with Gasteiger partial charge in [0.25, 0.3) is 5.91 Å².